The van der Waals surface area contributed by atoms with Gasteiger partial charge >= 0.3 is 0 Å². The van der Waals surface area contributed by atoms with Crippen molar-refractivity contribution in [3.05, 3.63) is 29.6 Å². The lowest BCUT2D eigenvalue weighted by Gasteiger charge is -2.31. The largest absolute Gasteiger partial charge is 0.494 e. The van der Waals surface area contributed by atoms with E-state index in [9.17, 15) is 9.50 Å². The second-order valence-corrected chi connectivity index (χ2v) is 5.24. The lowest BCUT2D eigenvalue weighted by Crippen LogP contribution is -2.43. The summed E-state index contributed by atoms with van der Waals surface area (Å²) in [5.41, 5.74) is 0.871. The summed E-state index contributed by atoms with van der Waals surface area (Å²) in [4.78, 5) is 0. The average molecular weight is 267 g/mol. The molecule has 0 bridgehead atoms. The Morgan fingerprint density at radius 1 is 1.37 bits per heavy atom. The predicted molar refractivity (Wildman–Crippen MR) is 72.8 cm³/mol. The van der Waals surface area contributed by atoms with Gasteiger partial charge in [-0.25, -0.2) is 4.39 Å². The number of hydrogen-bond acceptors (Lipinski definition) is 3. The third-order valence-electron chi connectivity index (χ3n) is 3.87. The SMILES string of the molecule is COc1ccc(C(C)NC2CCCCC2O)cc1F. The Morgan fingerprint density at radius 2 is 2.11 bits per heavy atom. The molecule has 1 aromatic rings. The van der Waals surface area contributed by atoms with Crippen molar-refractivity contribution in [2.45, 2.75) is 50.8 Å². The summed E-state index contributed by atoms with van der Waals surface area (Å²) in [7, 11) is 1.46. The molecule has 1 aliphatic carbocycles. The highest BCUT2D eigenvalue weighted by molar-refractivity contribution is 5.30. The van der Waals surface area contributed by atoms with Crippen molar-refractivity contribution in [1.29, 1.82) is 0 Å². The summed E-state index contributed by atoms with van der Waals surface area (Å²) in [5.74, 6) is -0.0912. The topological polar surface area (TPSA) is 41.5 Å². The first kappa shape index (κ1) is 14.3. The van der Waals surface area contributed by atoms with Crippen molar-refractivity contribution in [2.24, 2.45) is 0 Å². The monoisotopic (exact) mass is 267 g/mol. The highest BCUT2D eigenvalue weighted by Gasteiger charge is 2.24. The molecule has 0 radical (unpaired) electrons. The minimum absolute atomic E-state index is 0.0122. The van der Waals surface area contributed by atoms with Gasteiger partial charge in [-0.1, -0.05) is 18.9 Å². The van der Waals surface area contributed by atoms with Crippen molar-refractivity contribution in [2.75, 3.05) is 7.11 Å². The summed E-state index contributed by atoms with van der Waals surface area (Å²) in [6, 6.07) is 5.10. The second kappa shape index (κ2) is 6.35. The summed E-state index contributed by atoms with van der Waals surface area (Å²) in [6.07, 6.45) is 3.76. The second-order valence-electron chi connectivity index (χ2n) is 5.24. The third kappa shape index (κ3) is 3.45. The van der Waals surface area contributed by atoms with Gasteiger partial charge in [-0.2, -0.15) is 0 Å². The highest BCUT2D eigenvalue weighted by Crippen LogP contribution is 2.25. The van der Waals surface area contributed by atoms with Crippen molar-refractivity contribution in [3.8, 4) is 5.75 Å². The number of ether oxygens (including phenoxy) is 1. The predicted octanol–water partition coefficient (Wildman–Crippen LogP) is 2.79. The molecule has 3 nitrogen and oxygen atoms in total. The molecular weight excluding hydrogens is 245 g/mol. The Hall–Kier alpha value is -1.13. The minimum atomic E-state index is -0.349. The van der Waals surface area contributed by atoms with E-state index in [1.807, 2.05) is 13.0 Å². The summed E-state index contributed by atoms with van der Waals surface area (Å²) in [6.45, 7) is 1.99. The molecule has 3 atom stereocenters. The quantitative estimate of drug-likeness (QED) is 0.881. The number of benzene rings is 1. The zero-order valence-electron chi connectivity index (χ0n) is 11.5. The molecule has 1 saturated carbocycles. The maximum Gasteiger partial charge on any atom is 0.165 e. The van der Waals surface area contributed by atoms with Crippen LogP contribution in [0.4, 0.5) is 4.39 Å². The fraction of sp³-hybridized carbons (Fsp3) is 0.600. The van der Waals surface area contributed by atoms with Gasteiger partial charge in [0.25, 0.3) is 0 Å². The Labute approximate surface area is 113 Å². The van der Waals surface area contributed by atoms with Crippen LogP contribution < -0.4 is 10.1 Å². The molecule has 2 rings (SSSR count). The lowest BCUT2D eigenvalue weighted by molar-refractivity contribution is 0.0859. The van der Waals surface area contributed by atoms with E-state index in [4.69, 9.17) is 4.74 Å². The van der Waals surface area contributed by atoms with Gasteiger partial charge in [-0.3, -0.25) is 0 Å². The Kier molecular flexibility index (Phi) is 4.77. The Bertz CT molecular complexity index is 425. The molecule has 1 aromatic carbocycles. The first-order valence-corrected chi connectivity index (χ1v) is 6.89. The molecule has 0 aromatic heterocycles. The molecule has 2 N–H and O–H groups in total. The lowest BCUT2D eigenvalue weighted by atomic mass is 9.91. The molecule has 3 unspecified atom stereocenters. The van der Waals surface area contributed by atoms with Crippen molar-refractivity contribution in [3.63, 3.8) is 0 Å². The van der Waals surface area contributed by atoms with Crippen molar-refractivity contribution in [1.82, 2.24) is 5.32 Å². The van der Waals surface area contributed by atoms with Gasteiger partial charge < -0.3 is 15.2 Å². The third-order valence-corrected chi connectivity index (χ3v) is 3.87. The van der Waals surface area contributed by atoms with Crippen molar-refractivity contribution >= 4 is 0 Å². The van der Waals surface area contributed by atoms with Crippen LogP contribution in [-0.4, -0.2) is 24.4 Å². The van der Waals surface area contributed by atoms with E-state index in [1.165, 1.54) is 13.2 Å². The molecule has 106 valence electrons. The molecule has 0 amide bonds. The summed E-state index contributed by atoms with van der Waals surface area (Å²) < 4.78 is 18.6. The molecule has 1 aliphatic rings. The normalized spacial score (nSPS) is 25.1. The number of hydrogen-bond donors (Lipinski definition) is 2. The molecule has 0 heterocycles. The van der Waals surface area contributed by atoms with Gasteiger partial charge in [0, 0.05) is 12.1 Å². The summed E-state index contributed by atoms with van der Waals surface area (Å²) >= 11 is 0. The van der Waals surface area contributed by atoms with E-state index in [0.29, 0.717) is 0 Å². The minimum Gasteiger partial charge on any atom is -0.494 e. The van der Waals surface area contributed by atoms with Crippen LogP contribution in [0.1, 0.15) is 44.2 Å². The van der Waals surface area contributed by atoms with Crippen LogP contribution in [-0.2, 0) is 0 Å². The highest BCUT2D eigenvalue weighted by atomic mass is 19.1. The molecule has 4 heteroatoms. The number of aliphatic hydroxyl groups excluding tert-OH is 1. The van der Waals surface area contributed by atoms with E-state index in [2.05, 4.69) is 5.32 Å². The summed E-state index contributed by atoms with van der Waals surface area (Å²) in [5, 5.41) is 13.3. The zero-order chi connectivity index (χ0) is 13.8. The maximum absolute atomic E-state index is 13.7. The average Bonchev–Trinajstić information content (AvgIpc) is 2.41. The first-order chi connectivity index (χ1) is 9.11. The maximum atomic E-state index is 13.7. The van der Waals surface area contributed by atoms with Crippen LogP contribution in [0.15, 0.2) is 18.2 Å². The smallest absolute Gasteiger partial charge is 0.165 e. The standard InChI is InChI=1S/C15H22FNO2/c1-10(17-13-5-3-4-6-14(13)18)11-7-8-15(19-2)12(16)9-11/h7-10,13-14,17-18H,3-6H2,1-2H3. The van der Waals surface area contributed by atoms with E-state index < -0.39 is 0 Å². The number of halogens is 1. The van der Waals surface area contributed by atoms with Crippen LogP contribution in [0.5, 0.6) is 5.75 Å². The van der Waals surface area contributed by atoms with Gasteiger partial charge in [0.2, 0.25) is 0 Å². The molecule has 0 spiro atoms. The van der Waals surface area contributed by atoms with E-state index in [1.54, 1.807) is 6.07 Å². The Morgan fingerprint density at radius 3 is 2.74 bits per heavy atom. The van der Waals surface area contributed by atoms with Crippen LogP contribution in [0, 0.1) is 5.82 Å². The van der Waals surface area contributed by atoms with Crippen molar-refractivity contribution < 1.29 is 14.2 Å². The molecule has 1 fully saturated rings. The van der Waals surface area contributed by atoms with E-state index >= 15 is 0 Å². The molecule has 0 saturated heterocycles. The number of rotatable bonds is 4. The number of aliphatic hydroxyl groups is 1. The van der Waals surface area contributed by atoms with Crippen LogP contribution >= 0.6 is 0 Å². The fourth-order valence-corrected chi connectivity index (χ4v) is 2.68. The molecule has 0 aliphatic heterocycles. The van der Waals surface area contributed by atoms with Crippen LogP contribution in [0.3, 0.4) is 0 Å². The van der Waals surface area contributed by atoms with E-state index in [0.717, 1.165) is 31.2 Å². The first-order valence-electron chi connectivity index (χ1n) is 6.89. The van der Waals surface area contributed by atoms with Gasteiger partial charge in [0.1, 0.15) is 0 Å². The van der Waals surface area contributed by atoms with Gasteiger partial charge in [-0.05, 0) is 37.5 Å². The van der Waals surface area contributed by atoms with E-state index in [-0.39, 0.29) is 29.8 Å². The molecule has 19 heavy (non-hydrogen) atoms. The zero-order valence-corrected chi connectivity index (χ0v) is 11.5. The fourth-order valence-electron chi connectivity index (χ4n) is 2.68. The van der Waals surface area contributed by atoms with Gasteiger partial charge in [-0.15, -0.1) is 0 Å². The van der Waals surface area contributed by atoms with Crippen LogP contribution in [0.2, 0.25) is 0 Å². The number of nitrogens with one attached hydrogen (secondary N) is 1. The van der Waals surface area contributed by atoms with Gasteiger partial charge in [0.15, 0.2) is 11.6 Å². The Balaban J connectivity index is 2.02. The van der Waals surface area contributed by atoms with Gasteiger partial charge in [0.05, 0.1) is 13.2 Å². The van der Waals surface area contributed by atoms with Crippen LogP contribution in [0.25, 0.3) is 0 Å². The number of methoxy groups -OCH3 is 1. The molecular formula is C15H22FNO2.